The van der Waals surface area contributed by atoms with Gasteiger partial charge in [0.1, 0.15) is 11.4 Å². The van der Waals surface area contributed by atoms with Crippen molar-refractivity contribution in [3.8, 4) is 5.75 Å². The van der Waals surface area contributed by atoms with E-state index in [1.165, 1.54) is 0 Å². The molecule has 1 N–H and O–H groups in total. The summed E-state index contributed by atoms with van der Waals surface area (Å²) in [5.74, 6) is 0.155. The second-order valence-corrected chi connectivity index (χ2v) is 6.17. The highest BCUT2D eigenvalue weighted by molar-refractivity contribution is 5.79. The Kier molecular flexibility index (Phi) is 3.68. The average molecular weight is 304 g/mol. The van der Waals surface area contributed by atoms with Crippen LogP contribution >= 0.6 is 0 Å². The van der Waals surface area contributed by atoms with Gasteiger partial charge in [-0.2, -0.15) is 0 Å². The standard InChI is InChI=1S/C16H20N2O4/c1-17-10-16(22-15(17)21)6-3-7-18(11-16)14(20)9-12-4-2-5-13(19)8-12/h2,4-5,8,19H,3,6-7,9-11H2,1H3/t16-/m1/s1. The number of hydrogen-bond acceptors (Lipinski definition) is 4. The maximum absolute atomic E-state index is 12.5. The summed E-state index contributed by atoms with van der Waals surface area (Å²) >= 11 is 0. The second kappa shape index (κ2) is 5.51. The summed E-state index contributed by atoms with van der Waals surface area (Å²) in [6, 6.07) is 6.72. The Bertz CT molecular complexity index is 604. The van der Waals surface area contributed by atoms with E-state index in [4.69, 9.17) is 4.74 Å². The zero-order chi connectivity index (χ0) is 15.7. The SMILES string of the molecule is CN1C[C@@]2(CCCN(C(=O)Cc3cccc(O)c3)C2)OC1=O. The highest BCUT2D eigenvalue weighted by atomic mass is 16.6. The Morgan fingerprint density at radius 1 is 1.41 bits per heavy atom. The van der Waals surface area contributed by atoms with E-state index in [0.717, 1.165) is 18.4 Å². The number of carbonyl (C=O) groups excluding carboxylic acids is 2. The van der Waals surface area contributed by atoms with Gasteiger partial charge in [-0.3, -0.25) is 4.79 Å². The van der Waals surface area contributed by atoms with Crippen LogP contribution < -0.4 is 0 Å². The Balaban J connectivity index is 1.67. The highest BCUT2D eigenvalue weighted by Crippen LogP contribution is 2.31. The highest BCUT2D eigenvalue weighted by Gasteiger charge is 2.47. The lowest BCUT2D eigenvalue weighted by molar-refractivity contribution is -0.136. The van der Waals surface area contributed by atoms with Crippen LogP contribution in [0.3, 0.4) is 0 Å². The lowest BCUT2D eigenvalue weighted by Gasteiger charge is -2.38. The molecule has 6 nitrogen and oxygen atoms in total. The van der Waals surface area contributed by atoms with Gasteiger partial charge in [0.25, 0.3) is 0 Å². The van der Waals surface area contributed by atoms with Crippen LogP contribution in [0.15, 0.2) is 24.3 Å². The number of phenols is 1. The summed E-state index contributed by atoms with van der Waals surface area (Å²) in [4.78, 5) is 27.4. The summed E-state index contributed by atoms with van der Waals surface area (Å²) < 4.78 is 5.50. The van der Waals surface area contributed by atoms with Gasteiger partial charge in [-0.1, -0.05) is 12.1 Å². The minimum Gasteiger partial charge on any atom is -0.508 e. The third kappa shape index (κ3) is 2.86. The van der Waals surface area contributed by atoms with Gasteiger partial charge >= 0.3 is 6.09 Å². The van der Waals surface area contributed by atoms with Crippen LogP contribution in [0.25, 0.3) is 0 Å². The quantitative estimate of drug-likeness (QED) is 0.896. The van der Waals surface area contributed by atoms with Crippen molar-refractivity contribution in [3.63, 3.8) is 0 Å². The van der Waals surface area contributed by atoms with Gasteiger partial charge in [0, 0.05) is 13.6 Å². The Morgan fingerprint density at radius 3 is 2.91 bits per heavy atom. The van der Waals surface area contributed by atoms with Gasteiger partial charge in [-0.05, 0) is 30.5 Å². The molecule has 0 aromatic heterocycles. The number of aromatic hydroxyl groups is 1. The summed E-state index contributed by atoms with van der Waals surface area (Å²) in [6.07, 6.45) is 1.54. The summed E-state index contributed by atoms with van der Waals surface area (Å²) in [5, 5.41) is 9.47. The summed E-state index contributed by atoms with van der Waals surface area (Å²) in [7, 11) is 1.71. The lowest BCUT2D eigenvalue weighted by Crippen LogP contribution is -2.52. The normalized spacial score (nSPS) is 24.7. The number of amides is 2. The van der Waals surface area contributed by atoms with E-state index in [0.29, 0.717) is 19.6 Å². The topological polar surface area (TPSA) is 70.1 Å². The molecule has 0 bridgehead atoms. The molecule has 6 heteroatoms. The Labute approximate surface area is 129 Å². The molecule has 1 aromatic rings. The van der Waals surface area contributed by atoms with Crippen LogP contribution in [0.4, 0.5) is 4.79 Å². The fourth-order valence-corrected chi connectivity index (χ4v) is 3.27. The van der Waals surface area contributed by atoms with Crippen molar-refractivity contribution >= 4 is 12.0 Å². The van der Waals surface area contributed by atoms with E-state index in [2.05, 4.69) is 0 Å². The molecule has 1 aromatic carbocycles. The van der Waals surface area contributed by atoms with Crippen molar-refractivity contribution in [2.24, 2.45) is 0 Å². The molecule has 22 heavy (non-hydrogen) atoms. The van der Waals surface area contributed by atoms with Gasteiger partial charge < -0.3 is 19.6 Å². The predicted molar refractivity (Wildman–Crippen MR) is 79.5 cm³/mol. The van der Waals surface area contributed by atoms with E-state index < -0.39 is 5.60 Å². The Morgan fingerprint density at radius 2 is 2.23 bits per heavy atom. The molecular formula is C16H20N2O4. The largest absolute Gasteiger partial charge is 0.508 e. The van der Waals surface area contributed by atoms with Crippen molar-refractivity contribution in [2.45, 2.75) is 24.9 Å². The lowest BCUT2D eigenvalue weighted by atomic mass is 9.92. The zero-order valence-corrected chi connectivity index (χ0v) is 12.6. The van der Waals surface area contributed by atoms with E-state index in [1.807, 2.05) is 6.07 Å². The van der Waals surface area contributed by atoms with Gasteiger partial charge in [-0.15, -0.1) is 0 Å². The van der Waals surface area contributed by atoms with E-state index in [9.17, 15) is 14.7 Å². The third-order valence-electron chi connectivity index (χ3n) is 4.30. The number of phenolic OH excluding ortho intramolecular Hbond substituents is 1. The van der Waals surface area contributed by atoms with Crippen molar-refractivity contribution in [3.05, 3.63) is 29.8 Å². The van der Waals surface area contributed by atoms with Crippen molar-refractivity contribution in [1.29, 1.82) is 0 Å². The monoisotopic (exact) mass is 304 g/mol. The molecule has 0 saturated carbocycles. The first-order chi connectivity index (χ1) is 10.5. The molecule has 1 atom stereocenters. The van der Waals surface area contributed by atoms with Crippen LogP contribution in [0, 0.1) is 0 Å². The van der Waals surface area contributed by atoms with Crippen molar-refractivity contribution < 1.29 is 19.4 Å². The first-order valence-corrected chi connectivity index (χ1v) is 7.47. The number of likely N-dealkylation sites (tertiary alicyclic amines) is 1. The maximum atomic E-state index is 12.5. The fourth-order valence-electron chi connectivity index (χ4n) is 3.27. The Hall–Kier alpha value is -2.24. The smallest absolute Gasteiger partial charge is 0.410 e. The fraction of sp³-hybridized carbons (Fsp3) is 0.500. The van der Waals surface area contributed by atoms with Gasteiger partial charge in [-0.25, -0.2) is 4.79 Å². The number of nitrogens with zero attached hydrogens (tertiary/aromatic N) is 2. The van der Waals surface area contributed by atoms with Crippen LogP contribution in [0.1, 0.15) is 18.4 Å². The molecular weight excluding hydrogens is 284 g/mol. The number of likely N-dealkylation sites (N-methyl/N-ethyl adjacent to an activating group) is 1. The number of rotatable bonds is 2. The minimum atomic E-state index is -0.557. The van der Waals surface area contributed by atoms with Crippen LogP contribution in [-0.2, 0) is 16.0 Å². The summed E-state index contributed by atoms with van der Waals surface area (Å²) in [5.41, 5.74) is 0.226. The molecule has 2 saturated heterocycles. The molecule has 1 spiro atoms. The van der Waals surface area contributed by atoms with Crippen LogP contribution in [-0.4, -0.2) is 59.2 Å². The molecule has 118 valence electrons. The zero-order valence-electron chi connectivity index (χ0n) is 12.6. The van der Waals surface area contributed by atoms with Crippen molar-refractivity contribution in [1.82, 2.24) is 9.80 Å². The number of benzene rings is 1. The molecule has 0 aliphatic carbocycles. The molecule has 2 heterocycles. The molecule has 2 amide bonds. The van der Waals surface area contributed by atoms with Gasteiger partial charge in [0.2, 0.25) is 5.91 Å². The molecule has 0 unspecified atom stereocenters. The molecule has 2 fully saturated rings. The average Bonchev–Trinajstić information content (AvgIpc) is 2.73. The predicted octanol–water partition coefficient (Wildman–Crippen LogP) is 1.38. The second-order valence-electron chi connectivity index (χ2n) is 6.17. The van der Waals surface area contributed by atoms with E-state index in [1.54, 1.807) is 35.0 Å². The molecule has 3 rings (SSSR count). The van der Waals surface area contributed by atoms with E-state index >= 15 is 0 Å². The number of hydrogen-bond donors (Lipinski definition) is 1. The number of carbonyl (C=O) groups is 2. The third-order valence-corrected chi connectivity index (χ3v) is 4.30. The molecule has 0 radical (unpaired) electrons. The number of piperidine rings is 1. The van der Waals surface area contributed by atoms with E-state index in [-0.39, 0.29) is 24.2 Å². The first kappa shape index (κ1) is 14.7. The first-order valence-electron chi connectivity index (χ1n) is 7.47. The van der Waals surface area contributed by atoms with Crippen molar-refractivity contribution in [2.75, 3.05) is 26.7 Å². The van der Waals surface area contributed by atoms with Crippen LogP contribution in [0.2, 0.25) is 0 Å². The maximum Gasteiger partial charge on any atom is 0.410 e. The number of ether oxygens (including phenoxy) is 1. The van der Waals surface area contributed by atoms with Crippen LogP contribution in [0.5, 0.6) is 5.75 Å². The summed E-state index contributed by atoms with van der Waals surface area (Å²) in [6.45, 7) is 1.66. The molecule has 2 aliphatic rings. The van der Waals surface area contributed by atoms with Gasteiger partial charge in [0.15, 0.2) is 0 Å². The van der Waals surface area contributed by atoms with Gasteiger partial charge in [0.05, 0.1) is 19.5 Å². The molecule has 2 aliphatic heterocycles. The minimum absolute atomic E-state index is 0.00437.